The van der Waals surface area contributed by atoms with Crippen molar-refractivity contribution >= 4 is 26.1 Å². The van der Waals surface area contributed by atoms with Crippen LogP contribution in [0.2, 0.25) is 19.6 Å². The van der Waals surface area contributed by atoms with Crippen molar-refractivity contribution in [2.75, 3.05) is 0 Å². The summed E-state index contributed by atoms with van der Waals surface area (Å²) in [4.78, 5) is 10.7. The molecule has 0 amide bonds. The molecule has 0 fully saturated rings. The monoisotopic (exact) mass is 330 g/mol. The Balaban J connectivity index is 2.99. The van der Waals surface area contributed by atoms with Crippen LogP contribution < -0.4 is 0 Å². The van der Waals surface area contributed by atoms with Gasteiger partial charge in [0.05, 0.1) is 0 Å². The van der Waals surface area contributed by atoms with Gasteiger partial charge in [-0.3, -0.25) is 4.79 Å². The number of aryl methyl sites for hydroxylation is 1. The van der Waals surface area contributed by atoms with Gasteiger partial charge in [0.25, 0.3) is 0 Å². The van der Waals surface area contributed by atoms with Gasteiger partial charge in [-0.25, -0.2) is 0 Å². The fraction of sp³-hybridized carbons (Fsp3) is 0.389. The first-order valence-corrected chi connectivity index (χ1v) is 11.6. The molecule has 0 aliphatic rings. The summed E-state index contributed by atoms with van der Waals surface area (Å²) in [6.07, 6.45) is 2.02. The minimum atomic E-state index is -1.37. The summed E-state index contributed by atoms with van der Waals surface area (Å²) in [5.41, 5.74) is 6.60. The molecule has 1 aromatic rings. The van der Waals surface area contributed by atoms with Gasteiger partial charge in [-0.1, -0.05) is 44.8 Å². The lowest BCUT2D eigenvalue weighted by atomic mass is 10.0. The average molecular weight is 331 g/mol. The van der Waals surface area contributed by atoms with Crippen LogP contribution in [0.15, 0.2) is 18.2 Å². The summed E-state index contributed by atoms with van der Waals surface area (Å²) in [5.74, 6) is 5.99. The molecule has 0 aliphatic carbocycles. The number of carbonyl (C=O) groups is 1. The van der Waals surface area contributed by atoms with Gasteiger partial charge in [-0.05, 0) is 30.2 Å². The molecule has 4 heteroatoms. The highest BCUT2D eigenvalue weighted by atomic mass is 32.2. The van der Waals surface area contributed by atoms with Crippen LogP contribution in [-0.4, -0.2) is 14.0 Å². The van der Waals surface area contributed by atoms with E-state index in [1.54, 1.807) is 0 Å². The zero-order valence-corrected chi connectivity index (χ0v) is 15.7. The molecule has 2 nitrogen and oxygen atoms in total. The summed E-state index contributed by atoms with van der Waals surface area (Å²) in [7, 11) is -1.37. The van der Waals surface area contributed by atoms with Crippen molar-refractivity contribution in [2.45, 2.75) is 46.3 Å². The van der Waals surface area contributed by atoms with E-state index in [1.807, 2.05) is 12.1 Å². The van der Waals surface area contributed by atoms with Gasteiger partial charge in [-0.2, -0.15) is 0 Å². The minimum Gasteiger partial charge on any atom is -0.378 e. The van der Waals surface area contributed by atoms with Crippen LogP contribution in [0.3, 0.4) is 0 Å². The Labute approximate surface area is 139 Å². The smallest absolute Gasteiger partial charge is 0.315 e. The Hall–Kier alpha value is -1.62. The van der Waals surface area contributed by atoms with Gasteiger partial charge in [0.15, 0.2) is 0 Å². The second-order valence-electron chi connectivity index (χ2n) is 6.01. The fourth-order valence-corrected chi connectivity index (χ4v) is 2.51. The molecule has 0 spiro atoms. The third-order valence-corrected chi connectivity index (χ3v) is 3.97. The first kappa shape index (κ1) is 18.4. The molecular formula is C18H22O2SSi. The summed E-state index contributed by atoms with van der Waals surface area (Å²) in [6.45, 7) is 10.2. The molecule has 116 valence electrons. The van der Waals surface area contributed by atoms with E-state index in [9.17, 15) is 4.79 Å². The van der Waals surface area contributed by atoms with E-state index in [1.165, 1.54) is 12.5 Å². The zero-order chi connectivity index (χ0) is 16.6. The Morgan fingerprint density at radius 2 is 2.00 bits per heavy atom. The topological polar surface area (TPSA) is 26.3 Å². The van der Waals surface area contributed by atoms with E-state index in [2.05, 4.69) is 55.3 Å². The molecule has 1 aromatic carbocycles. The number of hydrogen-bond acceptors (Lipinski definition) is 3. The highest BCUT2D eigenvalue weighted by molar-refractivity contribution is 7.99. The Morgan fingerprint density at radius 1 is 1.27 bits per heavy atom. The van der Waals surface area contributed by atoms with Crippen molar-refractivity contribution in [2.24, 2.45) is 0 Å². The van der Waals surface area contributed by atoms with Gasteiger partial charge in [-0.15, -0.1) is 5.54 Å². The molecule has 0 N–H and O–H groups in total. The summed E-state index contributed by atoms with van der Waals surface area (Å²) in [6, 6.07) is 6.13. The molecule has 1 rings (SSSR count). The SMILES string of the molecule is CCCc1cc(C#C[Si](C)(C)C)ccc1C#CSOC(C)=O. The normalized spacial score (nSPS) is 10.0. The van der Waals surface area contributed by atoms with E-state index in [4.69, 9.17) is 4.18 Å². The average Bonchev–Trinajstić information content (AvgIpc) is 2.42. The highest BCUT2D eigenvalue weighted by Gasteiger charge is 2.08. The van der Waals surface area contributed by atoms with E-state index in [-0.39, 0.29) is 5.97 Å². The van der Waals surface area contributed by atoms with Crippen LogP contribution in [0.4, 0.5) is 0 Å². The van der Waals surface area contributed by atoms with Crippen LogP contribution in [0.25, 0.3) is 0 Å². The lowest BCUT2D eigenvalue weighted by Gasteiger charge is -2.06. The van der Waals surface area contributed by atoms with E-state index in [0.717, 1.165) is 36.0 Å². The van der Waals surface area contributed by atoms with Crippen LogP contribution in [-0.2, 0) is 15.4 Å². The van der Waals surface area contributed by atoms with Crippen molar-refractivity contribution in [3.05, 3.63) is 34.9 Å². The van der Waals surface area contributed by atoms with E-state index >= 15 is 0 Å². The van der Waals surface area contributed by atoms with Gasteiger partial charge in [0.1, 0.15) is 20.1 Å². The fourth-order valence-electron chi connectivity index (χ4n) is 1.68. The number of carbonyl (C=O) groups excluding carboxylic acids is 1. The molecule has 0 radical (unpaired) electrons. The Kier molecular flexibility index (Phi) is 7.31. The summed E-state index contributed by atoms with van der Waals surface area (Å²) < 4.78 is 4.75. The molecule has 0 aromatic heterocycles. The molecule has 22 heavy (non-hydrogen) atoms. The predicted molar refractivity (Wildman–Crippen MR) is 96.9 cm³/mol. The summed E-state index contributed by atoms with van der Waals surface area (Å²) in [5, 5.41) is 2.80. The molecule has 0 unspecified atom stereocenters. The molecular weight excluding hydrogens is 308 g/mol. The predicted octanol–water partition coefficient (Wildman–Crippen LogP) is 4.39. The lowest BCUT2D eigenvalue weighted by Crippen LogP contribution is -2.16. The second kappa shape index (κ2) is 8.73. The minimum absolute atomic E-state index is 0.343. The highest BCUT2D eigenvalue weighted by Crippen LogP contribution is 2.14. The lowest BCUT2D eigenvalue weighted by molar-refractivity contribution is -0.130. The summed E-state index contributed by atoms with van der Waals surface area (Å²) >= 11 is 0.868. The van der Waals surface area contributed by atoms with Crippen LogP contribution >= 0.6 is 12.0 Å². The largest absolute Gasteiger partial charge is 0.378 e. The number of benzene rings is 1. The second-order valence-corrected chi connectivity index (χ2v) is 11.3. The standard InChI is InChI=1S/C18H22O2SSi/c1-6-7-18-14-16(11-13-22(3,4)5)8-9-17(18)10-12-21-20-15(2)19/h8-9,14H,6-7H2,1-5H3. The number of rotatable bonds is 3. The maximum absolute atomic E-state index is 10.7. The Bertz CT molecular complexity index is 652. The molecule has 0 bridgehead atoms. The van der Waals surface area contributed by atoms with Crippen LogP contribution in [0, 0.1) is 22.6 Å². The van der Waals surface area contributed by atoms with Crippen molar-refractivity contribution in [3.8, 4) is 22.6 Å². The first-order chi connectivity index (χ1) is 10.3. The zero-order valence-electron chi connectivity index (χ0n) is 13.9. The number of hydrogen-bond donors (Lipinski definition) is 0. The molecule has 0 aliphatic heterocycles. The van der Waals surface area contributed by atoms with Gasteiger partial charge in [0.2, 0.25) is 0 Å². The molecule has 0 atom stereocenters. The van der Waals surface area contributed by atoms with Crippen molar-refractivity contribution in [1.29, 1.82) is 0 Å². The molecule has 0 saturated carbocycles. The van der Waals surface area contributed by atoms with E-state index < -0.39 is 8.07 Å². The van der Waals surface area contributed by atoms with Crippen LogP contribution in [0.1, 0.15) is 37.0 Å². The maximum atomic E-state index is 10.7. The van der Waals surface area contributed by atoms with Gasteiger partial charge >= 0.3 is 5.97 Å². The third kappa shape index (κ3) is 7.40. The van der Waals surface area contributed by atoms with Crippen molar-refractivity contribution in [1.82, 2.24) is 0 Å². The maximum Gasteiger partial charge on any atom is 0.315 e. The first-order valence-electron chi connectivity index (χ1n) is 7.33. The quantitative estimate of drug-likeness (QED) is 0.467. The van der Waals surface area contributed by atoms with E-state index in [0.29, 0.717) is 0 Å². The van der Waals surface area contributed by atoms with Crippen LogP contribution in [0.5, 0.6) is 0 Å². The third-order valence-electron chi connectivity index (χ3n) is 2.59. The molecule has 0 heterocycles. The van der Waals surface area contributed by atoms with Crippen molar-refractivity contribution < 1.29 is 8.98 Å². The molecule has 0 saturated heterocycles. The van der Waals surface area contributed by atoms with Gasteiger partial charge < -0.3 is 4.18 Å². The van der Waals surface area contributed by atoms with Crippen molar-refractivity contribution in [3.63, 3.8) is 0 Å². The Morgan fingerprint density at radius 3 is 2.59 bits per heavy atom. The van der Waals surface area contributed by atoms with Gasteiger partial charge in [0, 0.05) is 23.3 Å².